The average Bonchev–Trinajstić information content (AvgIpc) is 2.86. The Hall–Kier alpha value is -1.69. The number of halogens is 1. The fourth-order valence-corrected chi connectivity index (χ4v) is 2.48. The molecule has 0 aliphatic carbocycles. The number of aromatic nitrogens is 1. The third-order valence-corrected chi connectivity index (χ3v) is 3.55. The number of nitrogens with two attached hydrogens (primary N) is 1. The summed E-state index contributed by atoms with van der Waals surface area (Å²) in [6, 6.07) is 1.15. The molecule has 2 rings (SSSR count). The number of rotatable bonds is 2. The second kappa shape index (κ2) is 5.97. The highest BCUT2D eigenvalue weighted by molar-refractivity contribution is 5.68. The van der Waals surface area contributed by atoms with E-state index in [1.165, 1.54) is 6.20 Å². The highest BCUT2D eigenvalue weighted by Crippen LogP contribution is 2.30. The van der Waals surface area contributed by atoms with Gasteiger partial charge in [-0.2, -0.15) is 0 Å². The summed E-state index contributed by atoms with van der Waals surface area (Å²) in [6.45, 7) is 6.56. The van der Waals surface area contributed by atoms with Gasteiger partial charge in [0.15, 0.2) is 0 Å². The van der Waals surface area contributed by atoms with Crippen molar-refractivity contribution in [3.05, 3.63) is 29.8 Å². The summed E-state index contributed by atoms with van der Waals surface area (Å²) in [7, 11) is 0. The number of amides is 1. The Morgan fingerprint density at radius 2 is 2.29 bits per heavy atom. The second-order valence-corrected chi connectivity index (χ2v) is 6.40. The molecule has 0 saturated carbocycles. The van der Waals surface area contributed by atoms with E-state index in [0.29, 0.717) is 18.7 Å². The first-order chi connectivity index (χ1) is 9.78. The van der Waals surface area contributed by atoms with Crippen LogP contribution in [-0.4, -0.2) is 34.7 Å². The van der Waals surface area contributed by atoms with Crippen molar-refractivity contribution in [3.8, 4) is 0 Å². The van der Waals surface area contributed by atoms with E-state index in [1.54, 1.807) is 11.0 Å². The third kappa shape index (κ3) is 3.91. The molecule has 2 unspecified atom stereocenters. The fraction of sp³-hybridized carbons (Fsp3) is 0.600. The lowest BCUT2D eigenvalue weighted by molar-refractivity contribution is 0.0286. The van der Waals surface area contributed by atoms with Crippen LogP contribution < -0.4 is 5.73 Å². The zero-order chi connectivity index (χ0) is 15.6. The molecule has 116 valence electrons. The minimum Gasteiger partial charge on any atom is -0.444 e. The number of hydrogen-bond acceptors (Lipinski definition) is 4. The maximum absolute atomic E-state index is 13.7. The molecule has 1 aromatic rings. The number of pyridine rings is 1. The molecule has 0 aromatic carbocycles. The lowest BCUT2D eigenvalue weighted by atomic mass is 9.93. The van der Waals surface area contributed by atoms with Crippen molar-refractivity contribution in [1.29, 1.82) is 0 Å². The van der Waals surface area contributed by atoms with Crippen molar-refractivity contribution in [2.45, 2.75) is 38.8 Å². The molecule has 0 bridgehead atoms. The summed E-state index contributed by atoms with van der Waals surface area (Å²) in [5.41, 5.74) is 6.07. The predicted octanol–water partition coefficient (Wildman–Crippen LogP) is 2.48. The molecule has 1 aliphatic heterocycles. The van der Waals surface area contributed by atoms with Gasteiger partial charge in [0.1, 0.15) is 11.4 Å². The van der Waals surface area contributed by atoms with Crippen LogP contribution >= 0.6 is 0 Å². The van der Waals surface area contributed by atoms with Crippen molar-refractivity contribution < 1.29 is 13.9 Å². The van der Waals surface area contributed by atoms with Crippen LogP contribution in [0, 0.1) is 11.7 Å². The van der Waals surface area contributed by atoms with Gasteiger partial charge in [-0.15, -0.1) is 0 Å². The molecule has 21 heavy (non-hydrogen) atoms. The molecule has 1 fully saturated rings. The van der Waals surface area contributed by atoms with Crippen LogP contribution in [0.1, 0.15) is 38.8 Å². The monoisotopic (exact) mass is 295 g/mol. The quantitative estimate of drug-likeness (QED) is 0.910. The van der Waals surface area contributed by atoms with E-state index in [1.807, 2.05) is 20.8 Å². The molecule has 2 N–H and O–H groups in total. The second-order valence-electron chi connectivity index (χ2n) is 6.40. The topological polar surface area (TPSA) is 68.5 Å². The highest BCUT2D eigenvalue weighted by Gasteiger charge is 2.33. The van der Waals surface area contributed by atoms with E-state index < -0.39 is 17.5 Å². The first kappa shape index (κ1) is 15.7. The smallest absolute Gasteiger partial charge is 0.410 e. The Kier molecular flexibility index (Phi) is 4.46. The van der Waals surface area contributed by atoms with Gasteiger partial charge in [-0.25, -0.2) is 9.18 Å². The highest BCUT2D eigenvalue weighted by atomic mass is 19.1. The fourth-order valence-electron chi connectivity index (χ4n) is 2.48. The van der Waals surface area contributed by atoms with Crippen LogP contribution in [0.4, 0.5) is 9.18 Å². The van der Waals surface area contributed by atoms with Gasteiger partial charge in [0, 0.05) is 30.9 Å². The van der Waals surface area contributed by atoms with Gasteiger partial charge in [0.05, 0.1) is 6.20 Å². The number of carbonyl (C=O) groups is 1. The van der Waals surface area contributed by atoms with Crippen LogP contribution in [0.15, 0.2) is 18.5 Å². The van der Waals surface area contributed by atoms with Crippen LogP contribution in [0.5, 0.6) is 0 Å². The Labute approximate surface area is 124 Å². The third-order valence-electron chi connectivity index (χ3n) is 3.55. The zero-order valence-electron chi connectivity index (χ0n) is 12.7. The largest absolute Gasteiger partial charge is 0.444 e. The molecular formula is C15H22FN3O2. The van der Waals surface area contributed by atoms with E-state index in [4.69, 9.17) is 10.5 Å². The number of carbonyl (C=O) groups excluding carboxylic acids is 1. The van der Waals surface area contributed by atoms with Crippen molar-refractivity contribution in [1.82, 2.24) is 9.88 Å². The molecule has 0 radical (unpaired) electrons. The van der Waals surface area contributed by atoms with Gasteiger partial charge in [0.25, 0.3) is 0 Å². The molecular weight excluding hydrogens is 273 g/mol. The summed E-state index contributed by atoms with van der Waals surface area (Å²) < 4.78 is 19.1. The summed E-state index contributed by atoms with van der Waals surface area (Å²) in [6.07, 6.45) is 3.09. The van der Waals surface area contributed by atoms with Crippen LogP contribution in [0.2, 0.25) is 0 Å². The number of likely N-dealkylation sites (tertiary alicyclic amines) is 1. The Bertz CT molecular complexity index is 516. The molecule has 0 spiro atoms. The SMILES string of the molecule is CC(C)(C)OC(=O)N1CCC(C(N)c2ccncc2F)C1. The molecule has 2 heterocycles. The summed E-state index contributed by atoms with van der Waals surface area (Å²) >= 11 is 0. The lowest BCUT2D eigenvalue weighted by Crippen LogP contribution is -2.36. The first-order valence-corrected chi connectivity index (χ1v) is 7.11. The number of ether oxygens (including phenoxy) is 1. The van der Waals surface area contributed by atoms with Crippen molar-refractivity contribution in [2.24, 2.45) is 11.7 Å². The van der Waals surface area contributed by atoms with Crippen LogP contribution in [-0.2, 0) is 4.74 Å². The molecule has 1 aromatic heterocycles. The van der Waals surface area contributed by atoms with Crippen LogP contribution in [0.25, 0.3) is 0 Å². The number of hydrogen-bond donors (Lipinski definition) is 1. The van der Waals surface area contributed by atoms with E-state index in [2.05, 4.69) is 4.98 Å². The van der Waals surface area contributed by atoms with Gasteiger partial charge >= 0.3 is 6.09 Å². The van der Waals surface area contributed by atoms with E-state index in [0.717, 1.165) is 12.6 Å². The van der Waals surface area contributed by atoms with Gasteiger partial charge in [-0.3, -0.25) is 4.98 Å². The maximum Gasteiger partial charge on any atom is 0.410 e. The molecule has 1 amide bonds. The van der Waals surface area contributed by atoms with E-state index >= 15 is 0 Å². The summed E-state index contributed by atoms with van der Waals surface area (Å²) in [4.78, 5) is 17.4. The normalized spacial score (nSPS) is 20.4. The standard InChI is InChI=1S/C15H22FN3O2/c1-15(2,3)21-14(20)19-7-5-10(9-19)13(17)11-4-6-18-8-12(11)16/h4,6,8,10,13H,5,7,9,17H2,1-3H3. The zero-order valence-corrected chi connectivity index (χ0v) is 12.7. The van der Waals surface area contributed by atoms with Gasteiger partial charge < -0.3 is 15.4 Å². The minimum atomic E-state index is -0.519. The van der Waals surface area contributed by atoms with E-state index in [-0.39, 0.29) is 12.0 Å². The molecule has 2 atom stereocenters. The van der Waals surface area contributed by atoms with Crippen molar-refractivity contribution in [2.75, 3.05) is 13.1 Å². The summed E-state index contributed by atoms with van der Waals surface area (Å²) in [5.74, 6) is -0.380. The Morgan fingerprint density at radius 3 is 2.90 bits per heavy atom. The first-order valence-electron chi connectivity index (χ1n) is 7.11. The Morgan fingerprint density at radius 1 is 1.57 bits per heavy atom. The molecule has 1 saturated heterocycles. The number of nitrogens with zero attached hydrogens (tertiary/aromatic N) is 2. The minimum absolute atomic E-state index is 0.0226. The van der Waals surface area contributed by atoms with Gasteiger partial charge in [-0.1, -0.05) is 0 Å². The van der Waals surface area contributed by atoms with Crippen LogP contribution in [0.3, 0.4) is 0 Å². The Balaban J connectivity index is 1.99. The lowest BCUT2D eigenvalue weighted by Gasteiger charge is -2.25. The molecule has 6 heteroatoms. The molecule has 5 nitrogen and oxygen atoms in total. The molecule has 1 aliphatic rings. The van der Waals surface area contributed by atoms with Gasteiger partial charge in [0.2, 0.25) is 0 Å². The summed E-state index contributed by atoms with van der Waals surface area (Å²) in [5, 5.41) is 0. The van der Waals surface area contributed by atoms with Crippen molar-refractivity contribution >= 4 is 6.09 Å². The predicted molar refractivity (Wildman–Crippen MR) is 77.0 cm³/mol. The van der Waals surface area contributed by atoms with Gasteiger partial charge in [-0.05, 0) is 39.2 Å². The van der Waals surface area contributed by atoms with E-state index in [9.17, 15) is 9.18 Å². The van der Waals surface area contributed by atoms with Crippen molar-refractivity contribution in [3.63, 3.8) is 0 Å². The average molecular weight is 295 g/mol. The maximum atomic E-state index is 13.7.